The van der Waals surface area contributed by atoms with Crippen LogP contribution < -0.4 is 10.1 Å². The van der Waals surface area contributed by atoms with Crippen molar-refractivity contribution in [1.29, 1.82) is 0 Å². The number of morpholine rings is 1. The van der Waals surface area contributed by atoms with Crippen molar-refractivity contribution >= 4 is 5.91 Å². The second-order valence-corrected chi connectivity index (χ2v) is 7.54. The molecule has 0 saturated carbocycles. The smallest absolute Gasteiger partial charge is 0.406 e. The fourth-order valence-corrected chi connectivity index (χ4v) is 3.71. The van der Waals surface area contributed by atoms with Crippen molar-refractivity contribution in [2.75, 3.05) is 32.8 Å². The Morgan fingerprint density at radius 1 is 1.16 bits per heavy atom. The number of alkyl halides is 3. The molecule has 1 heterocycles. The van der Waals surface area contributed by atoms with Gasteiger partial charge in [-0.15, -0.1) is 13.2 Å². The summed E-state index contributed by atoms with van der Waals surface area (Å²) in [6, 6.07) is 14.1. The van der Waals surface area contributed by atoms with Gasteiger partial charge in [0.1, 0.15) is 5.75 Å². The molecule has 3 rings (SSSR count). The molecular formula is C23H27F3N2O3. The van der Waals surface area contributed by atoms with Crippen molar-refractivity contribution < 1.29 is 27.4 Å². The number of rotatable bonds is 8. The van der Waals surface area contributed by atoms with Crippen LogP contribution in [0.15, 0.2) is 48.5 Å². The lowest BCUT2D eigenvalue weighted by molar-refractivity contribution is -0.274. The van der Waals surface area contributed by atoms with E-state index in [2.05, 4.69) is 21.0 Å². The molecule has 0 aliphatic carbocycles. The summed E-state index contributed by atoms with van der Waals surface area (Å²) >= 11 is 0. The quantitative estimate of drug-likeness (QED) is 0.679. The molecule has 1 atom stereocenters. The molecule has 1 unspecified atom stereocenters. The zero-order valence-corrected chi connectivity index (χ0v) is 17.5. The zero-order chi connectivity index (χ0) is 22.3. The standard InChI is InChI=1S/C23H27F3N2O3/c1-17-5-4-7-19(15-17)20(28-11-13-30-14-12-28)16-27-22(29)10-9-18-6-2-3-8-21(18)31-23(24,25)26/h2-8,15,20H,9-14,16H2,1H3,(H,27,29). The molecule has 0 radical (unpaired) electrons. The number of benzene rings is 2. The normalized spacial score (nSPS) is 16.0. The number of carbonyl (C=O) groups excluding carboxylic acids is 1. The molecule has 5 nitrogen and oxygen atoms in total. The van der Waals surface area contributed by atoms with E-state index in [0.29, 0.717) is 25.3 Å². The second kappa shape index (κ2) is 10.6. The Morgan fingerprint density at radius 3 is 2.61 bits per heavy atom. The third-order valence-corrected chi connectivity index (χ3v) is 5.23. The number of para-hydroxylation sites is 1. The predicted molar refractivity (Wildman–Crippen MR) is 111 cm³/mol. The maximum atomic E-state index is 12.6. The van der Waals surface area contributed by atoms with E-state index < -0.39 is 6.36 Å². The molecule has 1 amide bonds. The number of ether oxygens (including phenoxy) is 2. The lowest BCUT2D eigenvalue weighted by Crippen LogP contribution is -2.43. The zero-order valence-electron chi connectivity index (χ0n) is 17.5. The van der Waals surface area contributed by atoms with E-state index in [9.17, 15) is 18.0 Å². The van der Waals surface area contributed by atoms with E-state index in [-0.39, 0.29) is 30.5 Å². The number of carbonyl (C=O) groups is 1. The molecule has 0 aromatic heterocycles. The Hall–Kier alpha value is -2.58. The van der Waals surface area contributed by atoms with Crippen molar-refractivity contribution in [1.82, 2.24) is 10.2 Å². The number of nitrogens with one attached hydrogen (secondary N) is 1. The van der Waals surface area contributed by atoms with Crippen molar-refractivity contribution in [3.63, 3.8) is 0 Å². The van der Waals surface area contributed by atoms with Gasteiger partial charge in [0.05, 0.1) is 19.3 Å². The monoisotopic (exact) mass is 436 g/mol. The van der Waals surface area contributed by atoms with Crippen LogP contribution in [0.3, 0.4) is 0 Å². The van der Waals surface area contributed by atoms with Gasteiger partial charge in [-0.05, 0) is 30.5 Å². The summed E-state index contributed by atoms with van der Waals surface area (Å²) in [5.41, 5.74) is 2.60. The third-order valence-electron chi connectivity index (χ3n) is 5.23. The van der Waals surface area contributed by atoms with E-state index in [1.165, 1.54) is 18.2 Å². The van der Waals surface area contributed by atoms with Gasteiger partial charge in [0.15, 0.2) is 0 Å². The van der Waals surface area contributed by atoms with Crippen LogP contribution in [0.2, 0.25) is 0 Å². The number of nitrogens with zero attached hydrogens (tertiary/aromatic N) is 1. The van der Waals surface area contributed by atoms with Crippen molar-refractivity contribution in [3.8, 4) is 5.75 Å². The molecular weight excluding hydrogens is 409 g/mol. The van der Waals surface area contributed by atoms with Crippen LogP contribution in [-0.4, -0.2) is 50.0 Å². The van der Waals surface area contributed by atoms with E-state index in [1.54, 1.807) is 6.07 Å². The second-order valence-electron chi connectivity index (χ2n) is 7.54. The molecule has 168 valence electrons. The minimum atomic E-state index is -4.77. The summed E-state index contributed by atoms with van der Waals surface area (Å²) in [6.07, 6.45) is -4.54. The molecule has 31 heavy (non-hydrogen) atoms. The Morgan fingerprint density at radius 2 is 1.90 bits per heavy atom. The summed E-state index contributed by atoms with van der Waals surface area (Å²) in [4.78, 5) is 14.8. The molecule has 1 aliphatic rings. The van der Waals surface area contributed by atoms with Crippen LogP contribution in [-0.2, 0) is 16.0 Å². The largest absolute Gasteiger partial charge is 0.573 e. The highest BCUT2D eigenvalue weighted by atomic mass is 19.4. The van der Waals surface area contributed by atoms with E-state index >= 15 is 0 Å². The summed E-state index contributed by atoms with van der Waals surface area (Å²) in [5.74, 6) is -0.485. The lowest BCUT2D eigenvalue weighted by Gasteiger charge is -2.35. The van der Waals surface area contributed by atoms with Crippen molar-refractivity contribution in [3.05, 3.63) is 65.2 Å². The molecule has 2 aromatic rings. The minimum Gasteiger partial charge on any atom is -0.406 e. The Bertz CT molecular complexity index is 867. The summed E-state index contributed by atoms with van der Waals surface area (Å²) in [7, 11) is 0. The van der Waals surface area contributed by atoms with E-state index in [4.69, 9.17) is 4.74 Å². The Balaban J connectivity index is 1.60. The first-order valence-corrected chi connectivity index (χ1v) is 10.3. The maximum Gasteiger partial charge on any atom is 0.573 e. The van der Waals surface area contributed by atoms with Crippen LogP contribution in [0.1, 0.15) is 29.2 Å². The number of hydrogen-bond acceptors (Lipinski definition) is 4. The van der Waals surface area contributed by atoms with Crippen LogP contribution in [0, 0.1) is 6.92 Å². The fourth-order valence-electron chi connectivity index (χ4n) is 3.71. The van der Waals surface area contributed by atoms with Crippen LogP contribution in [0.4, 0.5) is 13.2 Å². The van der Waals surface area contributed by atoms with Crippen molar-refractivity contribution in [2.45, 2.75) is 32.2 Å². The fraction of sp³-hybridized carbons (Fsp3) is 0.435. The first-order valence-electron chi connectivity index (χ1n) is 10.3. The highest BCUT2D eigenvalue weighted by molar-refractivity contribution is 5.76. The first kappa shape index (κ1) is 23.1. The Kier molecular flexibility index (Phi) is 7.92. The molecule has 1 saturated heterocycles. The van der Waals surface area contributed by atoms with Gasteiger partial charge >= 0.3 is 6.36 Å². The van der Waals surface area contributed by atoms with Gasteiger partial charge in [0.25, 0.3) is 0 Å². The van der Waals surface area contributed by atoms with Crippen LogP contribution >= 0.6 is 0 Å². The topological polar surface area (TPSA) is 50.8 Å². The van der Waals surface area contributed by atoms with Gasteiger partial charge in [0, 0.05) is 26.1 Å². The number of hydrogen-bond donors (Lipinski definition) is 1. The lowest BCUT2D eigenvalue weighted by atomic mass is 10.0. The first-order chi connectivity index (χ1) is 14.8. The molecule has 1 N–H and O–H groups in total. The van der Waals surface area contributed by atoms with Crippen LogP contribution in [0.5, 0.6) is 5.75 Å². The summed E-state index contributed by atoms with van der Waals surface area (Å²) in [6.45, 7) is 5.29. The molecule has 2 aromatic carbocycles. The van der Waals surface area contributed by atoms with Gasteiger partial charge in [-0.3, -0.25) is 9.69 Å². The predicted octanol–water partition coefficient (Wildman–Crippen LogP) is 4.02. The molecule has 8 heteroatoms. The van der Waals surface area contributed by atoms with Gasteiger partial charge in [-0.1, -0.05) is 48.0 Å². The van der Waals surface area contributed by atoms with Gasteiger partial charge < -0.3 is 14.8 Å². The van der Waals surface area contributed by atoms with Crippen molar-refractivity contribution in [2.24, 2.45) is 0 Å². The third kappa shape index (κ3) is 7.25. The average molecular weight is 436 g/mol. The highest BCUT2D eigenvalue weighted by Crippen LogP contribution is 2.27. The summed E-state index contributed by atoms with van der Waals surface area (Å²) < 4.78 is 47.3. The summed E-state index contributed by atoms with van der Waals surface area (Å²) in [5, 5.41) is 2.95. The highest BCUT2D eigenvalue weighted by Gasteiger charge is 2.32. The van der Waals surface area contributed by atoms with Crippen LogP contribution in [0.25, 0.3) is 0 Å². The SMILES string of the molecule is Cc1cccc(C(CNC(=O)CCc2ccccc2OC(F)(F)F)N2CCOCC2)c1. The molecule has 0 spiro atoms. The van der Waals surface area contributed by atoms with Gasteiger partial charge in [-0.2, -0.15) is 0 Å². The molecule has 0 bridgehead atoms. The van der Waals surface area contributed by atoms with Gasteiger partial charge in [0.2, 0.25) is 5.91 Å². The Labute approximate surface area is 180 Å². The number of halogens is 3. The van der Waals surface area contributed by atoms with E-state index in [0.717, 1.165) is 24.2 Å². The average Bonchev–Trinajstić information content (AvgIpc) is 2.73. The minimum absolute atomic E-state index is 0.00796. The number of amides is 1. The maximum absolute atomic E-state index is 12.6. The molecule has 1 fully saturated rings. The van der Waals surface area contributed by atoms with Gasteiger partial charge in [-0.25, -0.2) is 0 Å². The number of aryl methyl sites for hydroxylation is 2. The van der Waals surface area contributed by atoms with E-state index in [1.807, 2.05) is 25.1 Å². The molecule has 1 aliphatic heterocycles.